The molecule has 2 rings (SSSR count). The van der Waals surface area contributed by atoms with Crippen LogP contribution in [0.4, 0.5) is 5.82 Å². The lowest BCUT2D eigenvalue weighted by atomic mass is 10.2. The molecule has 1 aromatic heterocycles. The molecule has 1 aromatic carbocycles. The molecule has 2 aromatic rings. The quantitative estimate of drug-likeness (QED) is 0.901. The fourth-order valence-corrected chi connectivity index (χ4v) is 1.77. The molecule has 0 aliphatic rings. The van der Waals surface area contributed by atoms with Crippen LogP contribution in [0.2, 0.25) is 10.0 Å². The molecule has 0 aliphatic carbocycles. The number of aromatic nitrogens is 2. The lowest BCUT2D eigenvalue weighted by Gasteiger charge is -2.06. The van der Waals surface area contributed by atoms with E-state index in [1.807, 2.05) is 6.07 Å². The van der Waals surface area contributed by atoms with E-state index < -0.39 is 0 Å². The van der Waals surface area contributed by atoms with E-state index in [0.29, 0.717) is 22.4 Å². The topological polar surface area (TPSA) is 57.8 Å². The average Bonchev–Trinajstić information content (AvgIpc) is 2.30. The molecule has 0 aliphatic heterocycles. The first-order valence-electron chi connectivity index (χ1n) is 4.89. The Bertz CT molecular complexity index is 563. The van der Waals surface area contributed by atoms with Gasteiger partial charge in [-0.3, -0.25) is 4.79 Å². The standard InChI is InChI=1S/C11H9Cl2N3O/c12-8-2-1-7(9(13)5-8)6-14-10-3-4-11(17)16-15-10/h1-5H,6H2,(H,14,15)(H,16,17). The summed E-state index contributed by atoms with van der Waals surface area (Å²) in [4.78, 5) is 10.8. The van der Waals surface area contributed by atoms with Gasteiger partial charge in [-0.05, 0) is 23.8 Å². The molecule has 0 amide bonds. The van der Waals surface area contributed by atoms with E-state index >= 15 is 0 Å². The van der Waals surface area contributed by atoms with Crippen LogP contribution in [0.25, 0.3) is 0 Å². The van der Waals surface area contributed by atoms with Crippen LogP contribution in [0.15, 0.2) is 35.1 Å². The number of nitrogens with zero attached hydrogens (tertiary/aromatic N) is 1. The number of nitrogens with one attached hydrogen (secondary N) is 2. The molecule has 0 fully saturated rings. The highest BCUT2D eigenvalue weighted by Crippen LogP contribution is 2.21. The van der Waals surface area contributed by atoms with Crippen LogP contribution in [0.3, 0.4) is 0 Å². The highest BCUT2D eigenvalue weighted by Gasteiger charge is 2.01. The third kappa shape index (κ3) is 3.22. The van der Waals surface area contributed by atoms with Gasteiger partial charge in [0, 0.05) is 22.7 Å². The SMILES string of the molecule is O=c1ccc(NCc2ccc(Cl)cc2Cl)n[nH]1. The molecular weight excluding hydrogens is 261 g/mol. The van der Waals surface area contributed by atoms with Gasteiger partial charge in [0.2, 0.25) is 0 Å². The van der Waals surface area contributed by atoms with Crippen molar-refractivity contribution in [3.05, 3.63) is 56.3 Å². The van der Waals surface area contributed by atoms with Gasteiger partial charge in [-0.15, -0.1) is 0 Å². The van der Waals surface area contributed by atoms with Gasteiger partial charge in [-0.1, -0.05) is 29.3 Å². The van der Waals surface area contributed by atoms with Crippen molar-refractivity contribution in [2.45, 2.75) is 6.54 Å². The van der Waals surface area contributed by atoms with Gasteiger partial charge in [0.15, 0.2) is 0 Å². The van der Waals surface area contributed by atoms with E-state index in [4.69, 9.17) is 23.2 Å². The van der Waals surface area contributed by atoms with Gasteiger partial charge in [0.1, 0.15) is 5.82 Å². The zero-order valence-corrected chi connectivity index (χ0v) is 10.2. The Kier molecular flexibility index (Phi) is 3.66. The first-order chi connectivity index (χ1) is 8.15. The van der Waals surface area contributed by atoms with E-state index in [1.165, 1.54) is 6.07 Å². The minimum absolute atomic E-state index is 0.236. The average molecular weight is 270 g/mol. The number of hydrogen-bond donors (Lipinski definition) is 2. The van der Waals surface area contributed by atoms with Gasteiger partial charge in [0.25, 0.3) is 5.56 Å². The Hall–Kier alpha value is -1.52. The summed E-state index contributed by atoms with van der Waals surface area (Å²) in [6.45, 7) is 0.509. The van der Waals surface area contributed by atoms with E-state index in [0.717, 1.165) is 5.56 Å². The van der Waals surface area contributed by atoms with Gasteiger partial charge in [-0.25, -0.2) is 5.10 Å². The molecule has 0 bridgehead atoms. The first-order valence-corrected chi connectivity index (χ1v) is 5.64. The highest BCUT2D eigenvalue weighted by atomic mass is 35.5. The Morgan fingerprint density at radius 3 is 2.71 bits per heavy atom. The van der Waals surface area contributed by atoms with Crippen molar-refractivity contribution in [2.75, 3.05) is 5.32 Å². The molecule has 6 heteroatoms. The van der Waals surface area contributed by atoms with E-state index in [9.17, 15) is 4.79 Å². The second-order valence-electron chi connectivity index (χ2n) is 3.40. The zero-order valence-electron chi connectivity index (χ0n) is 8.71. The summed E-state index contributed by atoms with van der Waals surface area (Å²) in [6, 6.07) is 8.29. The van der Waals surface area contributed by atoms with E-state index in [2.05, 4.69) is 15.5 Å². The normalized spacial score (nSPS) is 10.2. The van der Waals surface area contributed by atoms with Crippen molar-refractivity contribution in [2.24, 2.45) is 0 Å². The zero-order chi connectivity index (χ0) is 12.3. The molecule has 0 saturated carbocycles. The minimum Gasteiger partial charge on any atom is -0.365 e. The first kappa shape index (κ1) is 12.0. The van der Waals surface area contributed by atoms with Crippen LogP contribution in [0.1, 0.15) is 5.56 Å². The lowest BCUT2D eigenvalue weighted by molar-refractivity contribution is 0.969. The molecule has 88 valence electrons. The molecular formula is C11H9Cl2N3O. The predicted octanol–water partition coefficient (Wildman–Crippen LogP) is 2.69. The number of rotatable bonds is 3. The minimum atomic E-state index is -0.236. The second-order valence-corrected chi connectivity index (χ2v) is 4.24. The van der Waals surface area contributed by atoms with Crippen LogP contribution in [0, 0.1) is 0 Å². The van der Waals surface area contributed by atoms with E-state index in [1.54, 1.807) is 18.2 Å². The van der Waals surface area contributed by atoms with Crippen LogP contribution >= 0.6 is 23.2 Å². The monoisotopic (exact) mass is 269 g/mol. The van der Waals surface area contributed by atoms with Gasteiger partial charge < -0.3 is 5.32 Å². The number of aromatic amines is 1. The Morgan fingerprint density at radius 1 is 1.24 bits per heavy atom. The van der Waals surface area contributed by atoms with Crippen LogP contribution < -0.4 is 10.9 Å². The molecule has 2 N–H and O–H groups in total. The summed E-state index contributed by atoms with van der Waals surface area (Å²) in [7, 11) is 0. The van der Waals surface area contributed by atoms with Gasteiger partial charge in [-0.2, -0.15) is 5.10 Å². The number of halogens is 2. The summed E-state index contributed by atoms with van der Waals surface area (Å²) in [5.41, 5.74) is 0.671. The molecule has 0 atom stereocenters. The van der Waals surface area contributed by atoms with Crippen molar-refractivity contribution in [3.63, 3.8) is 0 Å². The van der Waals surface area contributed by atoms with Crippen LogP contribution in [-0.2, 0) is 6.54 Å². The fraction of sp³-hybridized carbons (Fsp3) is 0.0909. The smallest absolute Gasteiger partial charge is 0.264 e. The third-order valence-corrected chi connectivity index (χ3v) is 2.74. The molecule has 0 radical (unpaired) electrons. The van der Waals surface area contributed by atoms with Crippen LogP contribution in [-0.4, -0.2) is 10.2 Å². The third-order valence-electron chi connectivity index (χ3n) is 2.15. The fourth-order valence-electron chi connectivity index (χ4n) is 1.29. The largest absolute Gasteiger partial charge is 0.365 e. The summed E-state index contributed by atoms with van der Waals surface area (Å²) < 4.78 is 0. The summed E-state index contributed by atoms with van der Waals surface area (Å²) >= 11 is 11.8. The van der Waals surface area contributed by atoms with Gasteiger partial charge in [0.05, 0.1) is 0 Å². The Balaban J connectivity index is 2.07. The maximum absolute atomic E-state index is 10.8. The Morgan fingerprint density at radius 2 is 2.06 bits per heavy atom. The highest BCUT2D eigenvalue weighted by molar-refractivity contribution is 6.35. The molecule has 0 unspecified atom stereocenters. The number of H-pyrrole nitrogens is 1. The van der Waals surface area contributed by atoms with Gasteiger partial charge >= 0.3 is 0 Å². The maximum Gasteiger partial charge on any atom is 0.264 e. The molecule has 0 spiro atoms. The van der Waals surface area contributed by atoms with Crippen molar-refractivity contribution < 1.29 is 0 Å². The summed E-state index contributed by atoms with van der Waals surface area (Å²) in [5.74, 6) is 0.579. The van der Waals surface area contributed by atoms with Crippen molar-refractivity contribution in [1.29, 1.82) is 0 Å². The van der Waals surface area contributed by atoms with E-state index in [-0.39, 0.29) is 5.56 Å². The number of hydrogen-bond acceptors (Lipinski definition) is 3. The maximum atomic E-state index is 10.8. The molecule has 1 heterocycles. The number of benzene rings is 1. The van der Waals surface area contributed by atoms with Crippen LogP contribution in [0.5, 0.6) is 0 Å². The molecule has 4 nitrogen and oxygen atoms in total. The summed E-state index contributed by atoms with van der Waals surface area (Å²) in [6.07, 6.45) is 0. The van der Waals surface area contributed by atoms with Crippen molar-refractivity contribution >= 4 is 29.0 Å². The Labute approximate surface area is 108 Å². The second kappa shape index (κ2) is 5.21. The van der Waals surface area contributed by atoms with Crippen molar-refractivity contribution in [3.8, 4) is 0 Å². The lowest BCUT2D eigenvalue weighted by Crippen LogP contribution is -2.09. The molecule has 0 saturated heterocycles. The molecule has 17 heavy (non-hydrogen) atoms. The predicted molar refractivity (Wildman–Crippen MR) is 68.6 cm³/mol. The van der Waals surface area contributed by atoms with Crippen molar-refractivity contribution in [1.82, 2.24) is 10.2 Å². The number of anilines is 1. The summed E-state index contributed by atoms with van der Waals surface area (Å²) in [5, 5.41) is 10.4.